The van der Waals surface area contributed by atoms with Gasteiger partial charge in [-0.25, -0.2) is 13.2 Å². The summed E-state index contributed by atoms with van der Waals surface area (Å²) >= 11 is 5.72. The highest BCUT2D eigenvalue weighted by Gasteiger charge is 2.38. The lowest BCUT2D eigenvalue weighted by Crippen LogP contribution is -2.34. The number of aliphatic hydroxyl groups is 1. The van der Waals surface area contributed by atoms with Crippen molar-refractivity contribution in [3.8, 4) is 0 Å². The number of carboxylic acid groups (broad SMARTS) is 1. The molecule has 0 saturated carbocycles. The van der Waals surface area contributed by atoms with Gasteiger partial charge in [0.15, 0.2) is 0 Å². The van der Waals surface area contributed by atoms with Crippen LogP contribution in [0.25, 0.3) is 0 Å². The first kappa shape index (κ1) is 15.2. The number of hydrogen-bond donors (Lipinski definition) is 2. The zero-order chi connectivity index (χ0) is 15.1. The lowest BCUT2D eigenvalue weighted by atomic mass is 10.1. The molecular formula is C12H14ClNO5S. The lowest BCUT2D eigenvalue weighted by Gasteiger charge is -2.19. The predicted molar refractivity (Wildman–Crippen MR) is 72.4 cm³/mol. The number of hydrogen-bond acceptors (Lipinski definition) is 4. The van der Waals surface area contributed by atoms with E-state index in [2.05, 4.69) is 0 Å². The van der Waals surface area contributed by atoms with Gasteiger partial charge in [-0.05, 0) is 31.5 Å². The second kappa shape index (κ2) is 5.00. The molecule has 1 fully saturated rings. The molecule has 0 amide bonds. The second-order valence-corrected chi connectivity index (χ2v) is 7.38. The highest BCUT2D eigenvalue weighted by molar-refractivity contribution is 7.89. The van der Waals surface area contributed by atoms with Crippen molar-refractivity contribution in [1.29, 1.82) is 0 Å². The van der Waals surface area contributed by atoms with E-state index in [-0.39, 0.29) is 28.6 Å². The average Bonchev–Trinajstić information content (AvgIpc) is 2.70. The first-order chi connectivity index (χ1) is 9.13. The van der Waals surface area contributed by atoms with Gasteiger partial charge in [-0.3, -0.25) is 0 Å². The summed E-state index contributed by atoms with van der Waals surface area (Å²) in [6, 6.07) is 3.54. The number of carboxylic acids is 1. The summed E-state index contributed by atoms with van der Waals surface area (Å²) in [5.41, 5.74) is -1.33. The molecule has 2 N–H and O–H groups in total. The fraction of sp³-hybridized carbons (Fsp3) is 0.417. The van der Waals surface area contributed by atoms with E-state index in [1.807, 2.05) is 0 Å². The smallest absolute Gasteiger partial charge is 0.337 e. The molecule has 1 aliphatic heterocycles. The molecule has 8 heteroatoms. The summed E-state index contributed by atoms with van der Waals surface area (Å²) in [5.74, 6) is -1.29. The summed E-state index contributed by atoms with van der Waals surface area (Å²) in [5, 5.41) is 18.8. The van der Waals surface area contributed by atoms with Gasteiger partial charge in [0.2, 0.25) is 10.0 Å². The fourth-order valence-corrected chi connectivity index (χ4v) is 3.87. The SMILES string of the molecule is CC1(O)CCN(S(=O)(=O)c2ccc(Cl)c(C(=O)O)c2)C1. The predicted octanol–water partition coefficient (Wildman–Crippen LogP) is 1.18. The molecule has 1 heterocycles. The molecular weight excluding hydrogens is 306 g/mol. The van der Waals surface area contributed by atoms with Gasteiger partial charge in [0.25, 0.3) is 0 Å². The van der Waals surface area contributed by atoms with Crippen molar-refractivity contribution in [2.75, 3.05) is 13.1 Å². The molecule has 0 aromatic heterocycles. The first-order valence-corrected chi connectivity index (χ1v) is 7.71. The maximum atomic E-state index is 12.4. The Bertz CT molecular complexity index is 656. The van der Waals surface area contributed by atoms with Crippen LogP contribution < -0.4 is 0 Å². The van der Waals surface area contributed by atoms with Crippen LogP contribution in [0.3, 0.4) is 0 Å². The fourth-order valence-electron chi connectivity index (χ4n) is 2.09. The van der Waals surface area contributed by atoms with Crippen molar-refractivity contribution in [1.82, 2.24) is 4.31 Å². The topological polar surface area (TPSA) is 94.9 Å². The Morgan fingerprint density at radius 3 is 2.60 bits per heavy atom. The number of β-amino-alcohol motifs (C(OH)–C–C–N with tert-alkyl or cyclic N) is 1. The third-order valence-electron chi connectivity index (χ3n) is 3.22. The first-order valence-electron chi connectivity index (χ1n) is 5.89. The highest BCUT2D eigenvalue weighted by atomic mass is 35.5. The molecule has 0 radical (unpaired) electrons. The van der Waals surface area contributed by atoms with Crippen molar-refractivity contribution < 1.29 is 23.4 Å². The third-order valence-corrected chi connectivity index (χ3v) is 5.39. The van der Waals surface area contributed by atoms with Crippen LogP contribution in [0.5, 0.6) is 0 Å². The quantitative estimate of drug-likeness (QED) is 0.872. The standard InChI is InChI=1S/C12H14ClNO5S/c1-12(17)4-5-14(7-12)20(18,19)8-2-3-10(13)9(6-8)11(15)16/h2-3,6,17H,4-5,7H2,1H3,(H,15,16). The van der Waals surface area contributed by atoms with E-state index in [0.717, 1.165) is 10.4 Å². The molecule has 2 rings (SSSR count). The number of nitrogens with zero attached hydrogens (tertiary/aromatic N) is 1. The van der Waals surface area contributed by atoms with Gasteiger partial charge in [0.1, 0.15) is 0 Å². The Hall–Kier alpha value is -1.15. The normalized spacial score (nSPS) is 23.9. The molecule has 1 atom stereocenters. The molecule has 0 aliphatic carbocycles. The Labute approximate surface area is 121 Å². The summed E-state index contributed by atoms with van der Waals surface area (Å²) in [6.07, 6.45) is 0.339. The van der Waals surface area contributed by atoms with Crippen LogP contribution in [0.1, 0.15) is 23.7 Å². The molecule has 0 spiro atoms. The van der Waals surface area contributed by atoms with Crippen LogP contribution in [-0.2, 0) is 10.0 Å². The van der Waals surface area contributed by atoms with Gasteiger partial charge in [0.05, 0.1) is 21.1 Å². The van der Waals surface area contributed by atoms with Gasteiger partial charge in [-0.1, -0.05) is 11.6 Å². The van der Waals surface area contributed by atoms with E-state index in [1.54, 1.807) is 6.92 Å². The second-order valence-electron chi connectivity index (χ2n) is 5.03. The minimum absolute atomic E-state index is 0.0135. The molecule has 20 heavy (non-hydrogen) atoms. The lowest BCUT2D eigenvalue weighted by molar-refractivity contribution is 0.0695. The van der Waals surface area contributed by atoms with Gasteiger partial charge in [-0.2, -0.15) is 4.31 Å². The Balaban J connectivity index is 2.41. The molecule has 6 nitrogen and oxygen atoms in total. The molecule has 110 valence electrons. The van der Waals surface area contributed by atoms with Crippen molar-refractivity contribution >= 4 is 27.6 Å². The number of halogens is 1. The Kier molecular flexibility index (Phi) is 3.81. The largest absolute Gasteiger partial charge is 0.478 e. The Morgan fingerprint density at radius 2 is 2.10 bits per heavy atom. The number of aromatic carboxylic acids is 1. The van der Waals surface area contributed by atoms with Crippen LogP contribution in [0.4, 0.5) is 0 Å². The van der Waals surface area contributed by atoms with E-state index >= 15 is 0 Å². The van der Waals surface area contributed by atoms with Gasteiger partial charge in [0, 0.05) is 13.1 Å². The molecule has 1 aliphatic rings. The average molecular weight is 320 g/mol. The van der Waals surface area contributed by atoms with Crippen LogP contribution in [0, 0.1) is 0 Å². The maximum absolute atomic E-state index is 12.4. The minimum Gasteiger partial charge on any atom is -0.478 e. The van der Waals surface area contributed by atoms with Crippen molar-refractivity contribution in [2.45, 2.75) is 23.8 Å². The molecule has 1 unspecified atom stereocenters. The minimum atomic E-state index is -3.83. The van der Waals surface area contributed by atoms with Crippen molar-refractivity contribution in [3.63, 3.8) is 0 Å². The van der Waals surface area contributed by atoms with E-state index in [1.165, 1.54) is 12.1 Å². The number of benzene rings is 1. The van der Waals surface area contributed by atoms with E-state index < -0.39 is 21.6 Å². The number of carbonyl (C=O) groups is 1. The van der Waals surface area contributed by atoms with Gasteiger partial charge in [-0.15, -0.1) is 0 Å². The highest BCUT2D eigenvalue weighted by Crippen LogP contribution is 2.28. The van der Waals surface area contributed by atoms with E-state index in [9.17, 15) is 18.3 Å². The molecule has 0 bridgehead atoms. The monoisotopic (exact) mass is 319 g/mol. The van der Waals surface area contributed by atoms with Crippen LogP contribution in [-0.4, -0.2) is 47.6 Å². The Morgan fingerprint density at radius 1 is 1.45 bits per heavy atom. The number of rotatable bonds is 3. The van der Waals surface area contributed by atoms with Crippen LogP contribution in [0.15, 0.2) is 23.1 Å². The maximum Gasteiger partial charge on any atom is 0.337 e. The zero-order valence-electron chi connectivity index (χ0n) is 10.7. The third kappa shape index (κ3) is 2.80. The summed E-state index contributed by atoms with van der Waals surface area (Å²) < 4.78 is 25.9. The summed E-state index contributed by atoms with van der Waals surface area (Å²) in [4.78, 5) is 10.9. The molecule has 1 aromatic rings. The van der Waals surface area contributed by atoms with Crippen molar-refractivity contribution in [3.05, 3.63) is 28.8 Å². The van der Waals surface area contributed by atoms with Crippen LogP contribution in [0.2, 0.25) is 5.02 Å². The van der Waals surface area contributed by atoms with Crippen molar-refractivity contribution in [2.24, 2.45) is 0 Å². The number of sulfonamides is 1. The molecule has 1 aromatic carbocycles. The van der Waals surface area contributed by atoms with Gasteiger partial charge < -0.3 is 10.2 Å². The summed E-state index contributed by atoms with van der Waals surface area (Å²) in [7, 11) is -3.83. The van der Waals surface area contributed by atoms with E-state index in [0.29, 0.717) is 6.42 Å². The van der Waals surface area contributed by atoms with E-state index in [4.69, 9.17) is 16.7 Å². The zero-order valence-corrected chi connectivity index (χ0v) is 12.3. The summed E-state index contributed by atoms with van der Waals surface area (Å²) in [6.45, 7) is 1.74. The van der Waals surface area contributed by atoms with Crippen LogP contribution >= 0.6 is 11.6 Å². The van der Waals surface area contributed by atoms with Gasteiger partial charge >= 0.3 is 5.97 Å². The molecule has 1 saturated heterocycles.